The molecule has 16 heavy (non-hydrogen) atoms. The highest BCUT2D eigenvalue weighted by Gasteiger charge is 2.27. The third kappa shape index (κ3) is 1.94. The van der Waals surface area contributed by atoms with Crippen LogP contribution in [-0.2, 0) is 11.3 Å². The normalized spacial score (nSPS) is 19.4. The number of methoxy groups -OCH3 is 1. The molecule has 0 saturated carbocycles. The molecule has 0 radical (unpaired) electrons. The number of ketones is 1. The molecule has 4 heteroatoms. The van der Waals surface area contributed by atoms with E-state index >= 15 is 0 Å². The van der Waals surface area contributed by atoms with Crippen molar-refractivity contribution in [1.29, 1.82) is 0 Å². The number of aryl methyl sites for hydroxylation is 1. The van der Waals surface area contributed by atoms with Gasteiger partial charge in [-0.15, -0.1) is 0 Å². The largest absolute Gasteiger partial charge is 0.497 e. The van der Waals surface area contributed by atoms with Crippen LogP contribution in [0, 0.1) is 5.92 Å². The van der Waals surface area contributed by atoms with Crippen molar-refractivity contribution in [3.63, 3.8) is 0 Å². The van der Waals surface area contributed by atoms with E-state index in [1.54, 1.807) is 7.11 Å². The lowest BCUT2D eigenvalue weighted by molar-refractivity contribution is 0.0672. The Morgan fingerprint density at radius 1 is 1.50 bits per heavy atom. The average Bonchev–Trinajstić information content (AvgIpc) is 2.32. The van der Waals surface area contributed by atoms with Crippen LogP contribution in [0.25, 0.3) is 0 Å². The van der Waals surface area contributed by atoms with Crippen molar-refractivity contribution >= 4 is 5.78 Å². The molecule has 86 valence electrons. The van der Waals surface area contributed by atoms with Crippen molar-refractivity contribution in [2.75, 3.05) is 13.7 Å². The number of benzene rings is 1. The van der Waals surface area contributed by atoms with Gasteiger partial charge in [0.05, 0.1) is 13.7 Å². The first kappa shape index (κ1) is 11.1. The Kier molecular flexibility index (Phi) is 3.22. The van der Waals surface area contributed by atoms with Gasteiger partial charge in [-0.3, -0.25) is 4.79 Å². The predicted octanol–water partition coefficient (Wildman–Crippen LogP) is 1.33. The maximum Gasteiger partial charge on any atom is 0.168 e. The van der Waals surface area contributed by atoms with Crippen LogP contribution in [0.2, 0.25) is 0 Å². The monoisotopic (exact) mass is 221 g/mol. The third-order valence-electron chi connectivity index (χ3n) is 3.01. The van der Waals surface area contributed by atoms with Gasteiger partial charge >= 0.3 is 0 Å². The zero-order chi connectivity index (χ0) is 11.5. The Morgan fingerprint density at radius 2 is 2.31 bits per heavy atom. The molecule has 0 heterocycles. The summed E-state index contributed by atoms with van der Waals surface area (Å²) in [5.74, 6) is 5.82. The molecular weight excluding hydrogens is 206 g/mol. The molecule has 1 aromatic carbocycles. The average molecular weight is 221 g/mol. The van der Waals surface area contributed by atoms with Gasteiger partial charge in [-0.1, -0.05) is 0 Å². The van der Waals surface area contributed by atoms with Gasteiger partial charge in [0.2, 0.25) is 0 Å². The number of hydrogen-bond donors (Lipinski definition) is 1. The van der Waals surface area contributed by atoms with E-state index < -0.39 is 0 Å². The smallest absolute Gasteiger partial charge is 0.168 e. The highest BCUT2D eigenvalue weighted by atomic mass is 16.6. The summed E-state index contributed by atoms with van der Waals surface area (Å²) < 4.78 is 5.13. The standard InChI is InChI=1S/C12H15NO3/c1-15-10-4-5-11-8(6-10)2-3-9(7-16-13)12(11)14/h4-6,9H,2-3,7,13H2,1H3. The van der Waals surface area contributed by atoms with Gasteiger partial charge in [0.25, 0.3) is 0 Å². The lowest BCUT2D eigenvalue weighted by Crippen LogP contribution is -2.27. The van der Waals surface area contributed by atoms with Crippen LogP contribution < -0.4 is 10.6 Å². The number of carbonyl (C=O) groups is 1. The number of nitrogens with two attached hydrogens (primary N) is 1. The van der Waals surface area contributed by atoms with Crippen LogP contribution >= 0.6 is 0 Å². The minimum absolute atomic E-state index is 0.106. The molecular formula is C12H15NO3. The summed E-state index contributed by atoms with van der Waals surface area (Å²) in [6.07, 6.45) is 1.66. The van der Waals surface area contributed by atoms with Crippen molar-refractivity contribution in [3.05, 3.63) is 29.3 Å². The van der Waals surface area contributed by atoms with Crippen molar-refractivity contribution in [2.45, 2.75) is 12.8 Å². The first-order chi connectivity index (χ1) is 7.76. The zero-order valence-corrected chi connectivity index (χ0v) is 9.23. The minimum atomic E-state index is -0.106. The molecule has 4 nitrogen and oxygen atoms in total. The zero-order valence-electron chi connectivity index (χ0n) is 9.23. The number of hydrogen-bond acceptors (Lipinski definition) is 4. The Balaban J connectivity index is 2.28. The fourth-order valence-corrected chi connectivity index (χ4v) is 2.10. The predicted molar refractivity (Wildman–Crippen MR) is 59.3 cm³/mol. The second-order valence-electron chi connectivity index (χ2n) is 3.96. The van der Waals surface area contributed by atoms with Gasteiger partial charge in [0.15, 0.2) is 5.78 Å². The fraction of sp³-hybridized carbons (Fsp3) is 0.417. The van der Waals surface area contributed by atoms with Crippen LogP contribution in [0.15, 0.2) is 18.2 Å². The third-order valence-corrected chi connectivity index (χ3v) is 3.01. The van der Waals surface area contributed by atoms with E-state index in [0.29, 0.717) is 6.61 Å². The molecule has 0 aliphatic heterocycles. The second kappa shape index (κ2) is 4.63. The van der Waals surface area contributed by atoms with Crippen LogP contribution in [0.4, 0.5) is 0 Å². The summed E-state index contributed by atoms with van der Waals surface area (Å²) in [6.45, 7) is 0.296. The van der Waals surface area contributed by atoms with Gasteiger partial charge in [0, 0.05) is 11.5 Å². The Morgan fingerprint density at radius 3 is 3.00 bits per heavy atom. The van der Waals surface area contributed by atoms with E-state index in [9.17, 15) is 4.79 Å². The Bertz CT molecular complexity index is 403. The van der Waals surface area contributed by atoms with Gasteiger partial charge < -0.3 is 9.57 Å². The molecule has 2 N–H and O–H groups in total. The molecule has 2 rings (SSSR count). The summed E-state index contributed by atoms with van der Waals surface area (Å²) in [7, 11) is 1.62. The van der Waals surface area contributed by atoms with E-state index in [1.165, 1.54) is 0 Å². The summed E-state index contributed by atoms with van der Waals surface area (Å²) in [4.78, 5) is 16.6. The molecule has 0 saturated heterocycles. The number of carbonyl (C=O) groups excluding carboxylic acids is 1. The van der Waals surface area contributed by atoms with Crippen molar-refractivity contribution in [3.8, 4) is 5.75 Å². The lowest BCUT2D eigenvalue weighted by atomic mass is 9.83. The van der Waals surface area contributed by atoms with Gasteiger partial charge in [0.1, 0.15) is 5.75 Å². The van der Waals surface area contributed by atoms with E-state index in [4.69, 9.17) is 10.6 Å². The first-order valence-corrected chi connectivity index (χ1v) is 5.29. The topological polar surface area (TPSA) is 61.6 Å². The SMILES string of the molecule is COc1ccc2c(c1)CCC(CON)C2=O. The summed E-state index contributed by atoms with van der Waals surface area (Å²) in [6, 6.07) is 5.55. The van der Waals surface area contributed by atoms with Crippen molar-refractivity contribution in [1.82, 2.24) is 0 Å². The number of fused-ring (bicyclic) bond motifs is 1. The highest BCUT2D eigenvalue weighted by Crippen LogP contribution is 2.28. The quantitative estimate of drug-likeness (QED) is 0.782. The molecule has 1 aliphatic rings. The number of ether oxygens (including phenoxy) is 1. The van der Waals surface area contributed by atoms with E-state index in [0.717, 1.165) is 29.7 Å². The Labute approximate surface area is 94.3 Å². The summed E-state index contributed by atoms with van der Waals surface area (Å²) in [5.41, 5.74) is 1.83. The highest BCUT2D eigenvalue weighted by molar-refractivity contribution is 6.00. The maximum atomic E-state index is 12.0. The van der Waals surface area contributed by atoms with Crippen LogP contribution in [0.5, 0.6) is 5.75 Å². The van der Waals surface area contributed by atoms with Gasteiger partial charge in [-0.25, -0.2) is 5.90 Å². The fourth-order valence-electron chi connectivity index (χ4n) is 2.10. The molecule has 1 unspecified atom stereocenters. The van der Waals surface area contributed by atoms with Crippen molar-refractivity contribution in [2.24, 2.45) is 11.8 Å². The molecule has 0 spiro atoms. The van der Waals surface area contributed by atoms with E-state index in [1.807, 2.05) is 18.2 Å². The summed E-state index contributed by atoms with van der Waals surface area (Å²) >= 11 is 0. The van der Waals surface area contributed by atoms with E-state index in [2.05, 4.69) is 4.84 Å². The second-order valence-corrected chi connectivity index (χ2v) is 3.96. The lowest BCUT2D eigenvalue weighted by Gasteiger charge is -2.22. The molecule has 0 aromatic heterocycles. The summed E-state index contributed by atoms with van der Waals surface area (Å²) in [5, 5.41) is 0. The van der Waals surface area contributed by atoms with Crippen LogP contribution in [0.3, 0.4) is 0 Å². The van der Waals surface area contributed by atoms with Crippen LogP contribution in [-0.4, -0.2) is 19.5 Å². The molecule has 1 aliphatic carbocycles. The number of Topliss-reactive ketones (excluding diaryl/α,β-unsaturated/α-hetero) is 1. The first-order valence-electron chi connectivity index (χ1n) is 5.29. The van der Waals surface area contributed by atoms with E-state index in [-0.39, 0.29) is 11.7 Å². The molecule has 1 aromatic rings. The molecule has 0 bridgehead atoms. The Hall–Kier alpha value is -1.39. The van der Waals surface area contributed by atoms with Crippen LogP contribution in [0.1, 0.15) is 22.3 Å². The molecule has 0 fully saturated rings. The number of rotatable bonds is 3. The minimum Gasteiger partial charge on any atom is -0.497 e. The molecule has 1 atom stereocenters. The van der Waals surface area contributed by atoms with Crippen molar-refractivity contribution < 1.29 is 14.4 Å². The maximum absolute atomic E-state index is 12.0. The van der Waals surface area contributed by atoms with Gasteiger partial charge in [-0.05, 0) is 36.6 Å². The van der Waals surface area contributed by atoms with Gasteiger partial charge in [-0.2, -0.15) is 0 Å². The molecule has 0 amide bonds.